The Labute approximate surface area is 232 Å². The van der Waals surface area contributed by atoms with Crippen molar-refractivity contribution >= 4 is 73.6 Å². The average molecular weight is 684 g/mol. The van der Waals surface area contributed by atoms with Gasteiger partial charge >= 0.3 is 0 Å². The van der Waals surface area contributed by atoms with Crippen molar-refractivity contribution in [2.75, 3.05) is 5.32 Å². The second-order valence-electron chi connectivity index (χ2n) is 8.11. The highest BCUT2D eigenvalue weighted by molar-refractivity contribution is 14.1. The van der Waals surface area contributed by atoms with E-state index in [0.29, 0.717) is 12.3 Å². The Bertz CT molecular complexity index is 1470. The van der Waals surface area contributed by atoms with Gasteiger partial charge in [-0.15, -0.1) is 0 Å². The molecule has 0 unspecified atom stereocenters. The number of benzene rings is 4. The highest BCUT2D eigenvalue weighted by Gasteiger charge is 2.14. The number of nitriles is 1. The van der Waals surface area contributed by atoms with Crippen molar-refractivity contribution in [3.63, 3.8) is 0 Å². The first-order valence-electron chi connectivity index (χ1n) is 10.9. The molecule has 0 bridgehead atoms. The van der Waals surface area contributed by atoms with E-state index in [1.165, 1.54) is 10.8 Å². The number of carbonyl (C=O) groups excluding carboxylic acids is 1. The molecule has 0 saturated carbocycles. The van der Waals surface area contributed by atoms with Crippen LogP contribution < -0.4 is 10.1 Å². The van der Waals surface area contributed by atoms with Crippen LogP contribution in [-0.2, 0) is 11.4 Å². The van der Waals surface area contributed by atoms with E-state index in [0.717, 1.165) is 35.1 Å². The maximum Gasteiger partial charge on any atom is 0.266 e. The minimum atomic E-state index is -0.428. The molecule has 4 rings (SSSR count). The van der Waals surface area contributed by atoms with E-state index >= 15 is 0 Å². The number of hydrogen-bond donors (Lipinski definition) is 1. The lowest BCUT2D eigenvalue weighted by molar-refractivity contribution is -0.112. The van der Waals surface area contributed by atoms with E-state index in [4.69, 9.17) is 4.74 Å². The fraction of sp³-hybridized carbons (Fsp3) is 0.103. The molecule has 0 atom stereocenters. The highest BCUT2D eigenvalue weighted by Crippen LogP contribution is 2.31. The number of aryl methyl sites for hydroxylation is 1. The molecule has 1 N–H and O–H groups in total. The predicted molar refractivity (Wildman–Crippen MR) is 158 cm³/mol. The Balaban J connectivity index is 1.54. The van der Waals surface area contributed by atoms with E-state index < -0.39 is 5.91 Å². The molecule has 0 radical (unpaired) electrons. The Morgan fingerprint density at radius 2 is 1.69 bits per heavy atom. The molecule has 174 valence electrons. The van der Waals surface area contributed by atoms with Gasteiger partial charge in [0.15, 0.2) is 0 Å². The van der Waals surface area contributed by atoms with Crippen LogP contribution in [0.25, 0.3) is 16.8 Å². The van der Waals surface area contributed by atoms with Gasteiger partial charge in [-0.05, 0) is 116 Å². The molecular weight excluding hydrogens is 662 g/mol. The summed E-state index contributed by atoms with van der Waals surface area (Å²) in [5.41, 5.74) is 4.69. The second kappa shape index (κ2) is 11.2. The standard InChI is InChI=1S/C29H22I2N2O2/c1-18-7-5-12-27(19(18)2)33-29(34)23(16-32)13-20-14-25(30)28(26(31)15-20)35-17-22-10-6-9-21-8-3-4-11-24(21)22/h3-15H,17H2,1-2H3,(H,33,34)/b23-13+. The number of rotatable bonds is 6. The van der Waals surface area contributed by atoms with Gasteiger partial charge in [-0.25, -0.2) is 0 Å². The summed E-state index contributed by atoms with van der Waals surface area (Å²) in [4.78, 5) is 12.8. The zero-order valence-corrected chi connectivity index (χ0v) is 23.5. The van der Waals surface area contributed by atoms with E-state index in [9.17, 15) is 10.1 Å². The number of ether oxygens (including phenoxy) is 1. The molecule has 4 nitrogen and oxygen atoms in total. The van der Waals surface area contributed by atoms with Gasteiger partial charge in [0.1, 0.15) is 24.0 Å². The number of halogens is 2. The third-order valence-electron chi connectivity index (χ3n) is 5.80. The van der Waals surface area contributed by atoms with Gasteiger partial charge in [0.05, 0.1) is 7.14 Å². The van der Waals surface area contributed by atoms with Crippen LogP contribution >= 0.6 is 45.2 Å². The maximum absolute atomic E-state index is 12.8. The summed E-state index contributed by atoms with van der Waals surface area (Å²) < 4.78 is 8.04. The molecule has 35 heavy (non-hydrogen) atoms. The monoisotopic (exact) mass is 684 g/mol. The van der Waals surface area contributed by atoms with Crippen LogP contribution in [0.5, 0.6) is 5.75 Å². The first kappa shape index (κ1) is 25.2. The Morgan fingerprint density at radius 3 is 2.43 bits per heavy atom. The Morgan fingerprint density at radius 1 is 1.00 bits per heavy atom. The summed E-state index contributed by atoms with van der Waals surface area (Å²) in [5, 5.41) is 14.9. The van der Waals surface area contributed by atoms with Gasteiger partial charge in [0.2, 0.25) is 0 Å². The van der Waals surface area contributed by atoms with Gasteiger partial charge in [0, 0.05) is 5.69 Å². The molecule has 0 fully saturated rings. The number of carbonyl (C=O) groups is 1. The van der Waals surface area contributed by atoms with Gasteiger partial charge in [-0.2, -0.15) is 5.26 Å². The number of nitrogens with zero attached hydrogens (tertiary/aromatic N) is 1. The summed E-state index contributed by atoms with van der Waals surface area (Å²) in [6, 6.07) is 26.0. The average Bonchev–Trinajstić information content (AvgIpc) is 2.85. The van der Waals surface area contributed by atoms with Gasteiger partial charge < -0.3 is 10.1 Å². The van der Waals surface area contributed by atoms with E-state index in [1.54, 1.807) is 6.08 Å². The van der Waals surface area contributed by atoms with Gasteiger partial charge in [0.25, 0.3) is 5.91 Å². The molecule has 0 aliphatic heterocycles. The lowest BCUT2D eigenvalue weighted by Crippen LogP contribution is -2.14. The van der Waals surface area contributed by atoms with E-state index in [2.05, 4.69) is 74.8 Å². The van der Waals surface area contributed by atoms with Crippen LogP contribution in [0.15, 0.2) is 78.4 Å². The zero-order chi connectivity index (χ0) is 24.9. The summed E-state index contributed by atoms with van der Waals surface area (Å²) in [7, 11) is 0. The lowest BCUT2D eigenvalue weighted by Gasteiger charge is -2.13. The second-order valence-corrected chi connectivity index (χ2v) is 10.4. The van der Waals surface area contributed by atoms with Crippen molar-refractivity contribution in [1.29, 1.82) is 5.26 Å². The molecule has 0 aromatic heterocycles. The molecule has 0 aliphatic carbocycles. The number of anilines is 1. The van der Waals surface area contributed by atoms with E-state index in [1.807, 2.05) is 68.4 Å². The first-order chi connectivity index (χ1) is 16.9. The minimum Gasteiger partial charge on any atom is -0.487 e. The van der Waals surface area contributed by atoms with Crippen molar-refractivity contribution in [3.8, 4) is 11.8 Å². The maximum atomic E-state index is 12.8. The Hall–Kier alpha value is -2.90. The summed E-state index contributed by atoms with van der Waals surface area (Å²) in [6.45, 7) is 4.38. The van der Waals surface area contributed by atoms with Crippen molar-refractivity contribution in [1.82, 2.24) is 0 Å². The zero-order valence-electron chi connectivity index (χ0n) is 19.2. The van der Waals surface area contributed by atoms with Crippen LogP contribution in [-0.4, -0.2) is 5.91 Å². The lowest BCUT2D eigenvalue weighted by atomic mass is 10.1. The topological polar surface area (TPSA) is 62.1 Å². The third kappa shape index (κ3) is 5.85. The van der Waals surface area contributed by atoms with Crippen LogP contribution in [0.1, 0.15) is 22.3 Å². The smallest absolute Gasteiger partial charge is 0.266 e. The third-order valence-corrected chi connectivity index (χ3v) is 7.40. The quantitative estimate of drug-likeness (QED) is 0.128. The SMILES string of the molecule is Cc1cccc(NC(=O)/C(C#N)=C/c2cc(I)c(OCc3cccc4ccccc34)c(I)c2)c1C. The fourth-order valence-corrected chi connectivity index (χ4v) is 5.89. The molecule has 0 saturated heterocycles. The number of hydrogen-bond acceptors (Lipinski definition) is 3. The van der Waals surface area contributed by atoms with Crippen molar-refractivity contribution in [2.24, 2.45) is 0 Å². The van der Waals surface area contributed by atoms with Crippen LogP contribution in [0.4, 0.5) is 5.69 Å². The molecule has 4 aromatic carbocycles. The molecular formula is C29H22I2N2O2. The van der Waals surface area contributed by atoms with Gasteiger partial charge in [-0.1, -0.05) is 54.6 Å². The largest absolute Gasteiger partial charge is 0.487 e. The van der Waals surface area contributed by atoms with Crippen LogP contribution in [0, 0.1) is 32.3 Å². The summed E-state index contributed by atoms with van der Waals surface area (Å²) in [6.07, 6.45) is 1.61. The van der Waals surface area contributed by atoms with Crippen LogP contribution in [0.3, 0.4) is 0 Å². The minimum absolute atomic E-state index is 0.0435. The van der Waals surface area contributed by atoms with Crippen molar-refractivity contribution < 1.29 is 9.53 Å². The normalized spacial score (nSPS) is 11.2. The number of nitrogens with one attached hydrogen (secondary N) is 1. The van der Waals surface area contributed by atoms with Crippen molar-refractivity contribution in [2.45, 2.75) is 20.5 Å². The summed E-state index contributed by atoms with van der Waals surface area (Å²) >= 11 is 4.47. The molecule has 6 heteroatoms. The first-order valence-corrected chi connectivity index (χ1v) is 13.1. The highest BCUT2D eigenvalue weighted by atomic mass is 127. The number of fused-ring (bicyclic) bond motifs is 1. The molecule has 4 aromatic rings. The van der Waals surface area contributed by atoms with E-state index in [-0.39, 0.29) is 5.57 Å². The summed E-state index contributed by atoms with van der Waals surface area (Å²) in [5.74, 6) is 0.358. The van der Waals surface area contributed by atoms with Crippen molar-refractivity contribution in [3.05, 3.63) is 108 Å². The number of amides is 1. The molecule has 0 heterocycles. The van der Waals surface area contributed by atoms with Gasteiger partial charge in [-0.3, -0.25) is 4.79 Å². The van der Waals surface area contributed by atoms with Crippen LogP contribution in [0.2, 0.25) is 0 Å². The Kier molecular flexibility index (Phi) is 8.08. The molecule has 0 aliphatic rings. The fourth-order valence-electron chi connectivity index (χ4n) is 3.76. The predicted octanol–water partition coefficient (Wildman–Crippen LogP) is 7.79. The molecule has 0 spiro atoms. The molecule has 1 amide bonds.